The molecule has 0 unspecified atom stereocenters. The maximum Gasteiger partial charge on any atom is 0.236 e. The largest absolute Gasteiger partial charge is 0.339 e. The molecular formula is C12H22ClN5O. The third-order valence-electron chi connectivity index (χ3n) is 3.23. The number of hydrogen-bond acceptors (Lipinski definition) is 4. The highest BCUT2D eigenvalue weighted by molar-refractivity contribution is 5.85. The Morgan fingerprint density at radius 1 is 1.47 bits per heavy atom. The Balaban J connectivity index is 0.00000180. The number of nitrogens with zero attached hydrogens (tertiary/aromatic N) is 4. The molecule has 1 aromatic rings. The number of likely N-dealkylation sites (N-methyl/N-ethyl adjacent to an activating group) is 1. The molecule has 1 amide bonds. The van der Waals surface area contributed by atoms with Gasteiger partial charge in [-0.3, -0.25) is 14.4 Å². The predicted molar refractivity (Wildman–Crippen MR) is 76.2 cm³/mol. The maximum atomic E-state index is 12.1. The zero-order chi connectivity index (χ0) is 13.0. The Kier molecular flexibility index (Phi) is 6.27. The van der Waals surface area contributed by atoms with Crippen molar-refractivity contribution >= 4 is 18.3 Å². The van der Waals surface area contributed by atoms with E-state index in [-0.39, 0.29) is 18.3 Å². The number of halogens is 1. The molecule has 1 saturated heterocycles. The summed E-state index contributed by atoms with van der Waals surface area (Å²) in [5, 5.41) is 7.37. The van der Waals surface area contributed by atoms with Crippen molar-refractivity contribution in [1.29, 1.82) is 0 Å². The first-order valence-electron chi connectivity index (χ1n) is 6.31. The zero-order valence-corrected chi connectivity index (χ0v) is 12.3. The lowest BCUT2D eigenvalue weighted by Gasteiger charge is -2.29. The minimum atomic E-state index is 0. The van der Waals surface area contributed by atoms with Crippen LogP contribution in [0, 0.1) is 0 Å². The van der Waals surface area contributed by atoms with Crippen LogP contribution < -0.4 is 5.32 Å². The van der Waals surface area contributed by atoms with Gasteiger partial charge in [0, 0.05) is 46.0 Å². The number of hydrogen-bond donors (Lipinski definition) is 1. The summed E-state index contributed by atoms with van der Waals surface area (Å²) in [7, 11) is 3.88. The second-order valence-electron chi connectivity index (χ2n) is 4.75. The van der Waals surface area contributed by atoms with E-state index in [2.05, 4.69) is 10.4 Å². The minimum Gasteiger partial charge on any atom is -0.339 e. The van der Waals surface area contributed by atoms with Gasteiger partial charge >= 0.3 is 0 Å². The third kappa shape index (κ3) is 4.49. The fourth-order valence-electron chi connectivity index (χ4n) is 2.13. The average Bonchev–Trinajstić information content (AvgIpc) is 2.76. The second kappa shape index (κ2) is 7.47. The van der Waals surface area contributed by atoms with E-state index in [0.29, 0.717) is 6.54 Å². The third-order valence-corrected chi connectivity index (χ3v) is 3.23. The van der Waals surface area contributed by atoms with Gasteiger partial charge in [0.1, 0.15) is 0 Å². The summed E-state index contributed by atoms with van der Waals surface area (Å²) < 4.78 is 1.84. The summed E-state index contributed by atoms with van der Waals surface area (Å²) in [4.78, 5) is 16.0. The van der Waals surface area contributed by atoms with Crippen molar-refractivity contribution in [1.82, 2.24) is 24.9 Å². The second-order valence-corrected chi connectivity index (χ2v) is 4.75. The van der Waals surface area contributed by atoms with Crippen molar-refractivity contribution in [2.24, 2.45) is 7.05 Å². The molecule has 0 atom stereocenters. The summed E-state index contributed by atoms with van der Waals surface area (Å²) >= 11 is 0. The Labute approximate surface area is 120 Å². The lowest BCUT2D eigenvalue weighted by atomic mass is 10.3. The summed E-state index contributed by atoms with van der Waals surface area (Å²) in [5.41, 5.74) is 1.12. The number of amides is 1. The van der Waals surface area contributed by atoms with Crippen LogP contribution in [0.4, 0.5) is 0 Å². The smallest absolute Gasteiger partial charge is 0.236 e. The molecule has 1 fully saturated rings. The van der Waals surface area contributed by atoms with E-state index in [1.165, 1.54) is 0 Å². The van der Waals surface area contributed by atoms with Gasteiger partial charge in [0.2, 0.25) is 5.91 Å². The standard InChI is InChI=1S/C12H21N5O.ClH/c1-15(9-11-3-4-14-16(11)2)10-12(18)17-7-5-13-6-8-17;/h3-4,13H,5-10H2,1-2H3;1H. The Hall–Kier alpha value is -1.11. The molecule has 1 aliphatic rings. The number of piperazine rings is 1. The molecular weight excluding hydrogens is 266 g/mol. The SMILES string of the molecule is CN(CC(=O)N1CCNCC1)Cc1ccnn1C.Cl. The van der Waals surface area contributed by atoms with Gasteiger partial charge in [-0.05, 0) is 13.1 Å². The van der Waals surface area contributed by atoms with Gasteiger partial charge in [-0.2, -0.15) is 5.10 Å². The first kappa shape index (κ1) is 15.9. The monoisotopic (exact) mass is 287 g/mol. The van der Waals surface area contributed by atoms with Crippen molar-refractivity contribution in [3.63, 3.8) is 0 Å². The van der Waals surface area contributed by atoms with Gasteiger partial charge in [0.25, 0.3) is 0 Å². The topological polar surface area (TPSA) is 53.4 Å². The fraction of sp³-hybridized carbons (Fsp3) is 0.667. The number of aryl methyl sites for hydroxylation is 1. The van der Waals surface area contributed by atoms with E-state index >= 15 is 0 Å². The van der Waals surface area contributed by atoms with E-state index in [9.17, 15) is 4.79 Å². The van der Waals surface area contributed by atoms with Crippen LogP contribution in [0.25, 0.3) is 0 Å². The molecule has 1 aromatic heterocycles. The quantitative estimate of drug-likeness (QED) is 0.827. The van der Waals surface area contributed by atoms with Crippen LogP contribution in [0.5, 0.6) is 0 Å². The molecule has 2 rings (SSSR count). The number of aromatic nitrogens is 2. The molecule has 19 heavy (non-hydrogen) atoms. The van der Waals surface area contributed by atoms with E-state index in [0.717, 1.165) is 38.4 Å². The number of carbonyl (C=O) groups excluding carboxylic acids is 1. The lowest BCUT2D eigenvalue weighted by molar-refractivity contribution is -0.132. The van der Waals surface area contributed by atoms with Gasteiger partial charge in [-0.15, -0.1) is 12.4 Å². The number of carbonyl (C=O) groups is 1. The van der Waals surface area contributed by atoms with E-state index in [1.54, 1.807) is 6.20 Å². The van der Waals surface area contributed by atoms with Gasteiger partial charge < -0.3 is 10.2 Å². The molecule has 1 N–H and O–H groups in total. The van der Waals surface area contributed by atoms with Gasteiger partial charge in [-0.25, -0.2) is 0 Å². The van der Waals surface area contributed by atoms with Crippen molar-refractivity contribution in [3.05, 3.63) is 18.0 Å². The normalized spacial score (nSPS) is 15.4. The molecule has 0 aromatic carbocycles. The van der Waals surface area contributed by atoms with Gasteiger partial charge in [0.05, 0.1) is 12.2 Å². The highest BCUT2D eigenvalue weighted by Crippen LogP contribution is 2.02. The Morgan fingerprint density at radius 3 is 2.74 bits per heavy atom. The van der Waals surface area contributed by atoms with Crippen LogP contribution in [-0.4, -0.2) is 65.3 Å². The highest BCUT2D eigenvalue weighted by Gasteiger charge is 2.17. The average molecular weight is 288 g/mol. The van der Waals surface area contributed by atoms with Crippen molar-refractivity contribution in [2.45, 2.75) is 6.54 Å². The van der Waals surface area contributed by atoms with E-state index in [4.69, 9.17) is 0 Å². The number of rotatable bonds is 4. The Bertz CT molecular complexity index is 403. The van der Waals surface area contributed by atoms with E-state index in [1.807, 2.05) is 34.6 Å². The molecule has 0 spiro atoms. The van der Waals surface area contributed by atoms with Crippen LogP contribution in [0.2, 0.25) is 0 Å². The molecule has 2 heterocycles. The zero-order valence-electron chi connectivity index (χ0n) is 11.5. The van der Waals surface area contributed by atoms with E-state index < -0.39 is 0 Å². The summed E-state index contributed by atoms with van der Waals surface area (Å²) in [6.07, 6.45) is 1.78. The summed E-state index contributed by atoms with van der Waals surface area (Å²) in [6.45, 7) is 4.64. The predicted octanol–water partition coefficient (Wildman–Crippen LogP) is -0.294. The van der Waals surface area contributed by atoms with Crippen molar-refractivity contribution in [3.8, 4) is 0 Å². The molecule has 6 nitrogen and oxygen atoms in total. The molecule has 0 radical (unpaired) electrons. The van der Waals surface area contributed by atoms with Gasteiger partial charge in [-0.1, -0.05) is 0 Å². The van der Waals surface area contributed by atoms with Gasteiger partial charge in [0.15, 0.2) is 0 Å². The highest BCUT2D eigenvalue weighted by atomic mass is 35.5. The molecule has 0 saturated carbocycles. The lowest BCUT2D eigenvalue weighted by Crippen LogP contribution is -2.49. The van der Waals surface area contributed by atoms with Crippen molar-refractivity contribution in [2.75, 3.05) is 39.8 Å². The van der Waals surface area contributed by atoms with Crippen LogP contribution in [0.1, 0.15) is 5.69 Å². The summed E-state index contributed by atoms with van der Waals surface area (Å²) in [6, 6.07) is 1.98. The molecule has 7 heteroatoms. The first-order chi connectivity index (χ1) is 8.66. The van der Waals surface area contributed by atoms with Crippen molar-refractivity contribution < 1.29 is 4.79 Å². The van der Waals surface area contributed by atoms with Crippen LogP contribution in [0.15, 0.2) is 12.3 Å². The number of nitrogens with one attached hydrogen (secondary N) is 1. The minimum absolute atomic E-state index is 0. The molecule has 108 valence electrons. The molecule has 0 aliphatic carbocycles. The summed E-state index contributed by atoms with van der Waals surface area (Å²) in [5.74, 6) is 0.209. The maximum absolute atomic E-state index is 12.1. The van der Waals surface area contributed by atoms with Crippen LogP contribution >= 0.6 is 12.4 Å². The first-order valence-corrected chi connectivity index (χ1v) is 6.31. The Morgan fingerprint density at radius 2 is 2.16 bits per heavy atom. The fourth-order valence-corrected chi connectivity index (χ4v) is 2.13. The van der Waals surface area contributed by atoms with Crippen LogP contribution in [0.3, 0.4) is 0 Å². The molecule has 1 aliphatic heterocycles. The molecule has 0 bridgehead atoms. The van der Waals surface area contributed by atoms with Crippen LogP contribution in [-0.2, 0) is 18.4 Å².